The molecule has 0 aromatic carbocycles. The van der Waals surface area contributed by atoms with Gasteiger partial charge in [-0.2, -0.15) is 0 Å². The molecule has 1 aliphatic rings. The molecule has 17 heavy (non-hydrogen) atoms. The first-order valence-electron chi connectivity index (χ1n) is 6.07. The van der Waals surface area contributed by atoms with Crippen LogP contribution in [0.1, 0.15) is 41.8 Å². The van der Waals surface area contributed by atoms with E-state index in [1.807, 2.05) is 7.05 Å². The van der Waals surface area contributed by atoms with E-state index in [1.54, 1.807) is 0 Å². The molecule has 0 spiro atoms. The van der Waals surface area contributed by atoms with Gasteiger partial charge in [-0.25, -0.2) is 9.78 Å². The monoisotopic (exact) mass is 254 g/mol. The quantitative estimate of drug-likeness (QED) is 0.878. The maximum atomic E-state index is 10.8. The number of hydrogen-bond acceptors (Lipinski definition) is 4. The highest BCUT2D eigenvalue weighted by atomic mass is 32.1. The van der Waals surface area contributed by atoms with E-state index < -0.39 is 5.97 Å². The molecule has 1 saturated carbocycles. The normalized spacial score (nSPS) is 16.3. The molecule has 0 atom stereocenters. The molecule has 1 aromatic heterocycles. The number of nitrogens with zero attached hydrogens (tertiary/aromatic N) is 2. The Morgan fingerprint density at radius 3 is 2.88 bits per heavy atom. The van der Waals surface area contributed by atoms with Crippen LogP contribution in [0.2, 0.25) is 0 Å². The molecule has 5 heteroatoms. The van der Waals surface area contributed by atoms with Crippen molar-refractivity contribution in [3.8, 4) is 0 Å². The highest BCUT2D eigenvalue weighted by molar-refractivity contribution is 7.17. The van der Waals surface area contributed by atoms with E-state index in [1.165, 1.54) is 49.6 Å². The third-order valence-electron chi connectivity index (χ3n) is 3.38. The van der Waals surface area contributed by atoms with Gasteiger partial charge in [0.2, 0.25) is 0 Å². The minimum atomic E-state index is -0.891. The molecule has 1 fully saturated rings. The Bertz CT molecular complexity index is 386. The first-order chi connectivity index (χ1) is 8.16. The van der Waals surface area contributed by atoms with Gasteiger partial charge in [-0.15, -0.1) is 0 Å². The summed E-state index contributed by atoms with van der Waals surface area (Å²) in [6, 6.07) is 0. The van der Waals surface area contributed by atoms with Crippen molar-refractivity contribution >= 4 is 22.4 Å². The van der Waals surface area contributed by atoms with E-state index in [4.69, 9.17) is 5.11 Å². The lowest BCUT2D eigenvalue weighted by atomic mass is 10.0. The van der Waals surface area contributed by atoms with E-state index in [0.717, 1.165) is 17.6 Å². The van der Waals surface area contributed by atoms with Gasteiger partial charge in [0.05, 0.1) is 6.20 Å². The number of aromatic nitrogens is 1. The Kier molecular flexibility index (Phi) is 3.99. The summed E-state index contributed by atoms with van der Waals surface area (Å²) in [6.07, 6.45) is 8.08. The Balaban J connectivity index is 1.85. The van der Waals surface area contributed by atoms with Crippen LogP contribution in [0.15, 0.2) is 6.20 Å². The van der Waals surface area contributed by atoms with Gasteiger partial charge in [-0.3, -0.25) is 0 Å². The molecule has 4 nitrogen and oxygen atoms in total. The third-order valence-corrected chi connectivity index (χ3v) is 4.48. The summed E-state index contributed by atoms with van der Waals surface area (Å²) in [7, 11) is 1.99. The molecule has 2 rings (SSSR count). The van der Waals surface area contributed by atoms with Gasteiger partial charge in [-0.1, -0.05) is 37.0 Å². The largest absolute Gasteiger partial charge is 0.477 e. The molecule has 1 N–H and O–H groups in total. The second-order valence-electron chi connectivity index (χ2n) is 4.67. The highest BCUT2D eigenvalue weighted by Crippen LogP contribution is 2.28. The van der Waals surface area contributed by atoms with Crippen molar-refractivity contribution in [3.05, 3.63) is 11.1 Å². The van der Waals surface area contributed by atoms with Crippen LogP contribution >= 0.6 is 11.3 Å². The van der Waals surface area contributed by atoms with Gasteiger partial charge < -0.3 is 10.0 Å². The van der Waals surface area contributed by atoms with Crippen LogP contribution in [0.25, 0.3) is 0 Å². The average Bonchev–Trinajstić information content (AvgIpc) is 2.96. The summed E-state index contributed by atoms with van der Waals surface area (Å²) >= 11 is 1.25. The fraction of sp³-hybridized carbons (Fsp3) is 0.667. The van der Waals surface area contributed by atoms with Crippen LogP contribution in [-0.4, -0.2) is 29.7 Å². The molecule has 1 heterocycles. The fourth-order valence-electron chi connectivity index (χ4n) is 2.31. The maximum absolute atomic E-state index is 10.8. The number of hydrogen-bond donors (Lipinski definition) is 1. The summed E-state index contributed by atoms with van der Waals surface area (Å²) < 4.78 is 0. The molecular formula is C12H18N2O2S. The van der Waals surface area contributed by atoms with E-state index in [9.17, 15) is 4.79 Å². The zero-order chi connectivity index (χ0) is 12.3. The van der Waals surface area contributed by atoms with Gasteiger partial charge in [0, 0.05) is 13.6 Å². The Hall–Kier alpha value is -1.10. The zero-order valence-electron chi connectivity index (χ0n) is 10.1. The molecule has 1 aromatic rings. The second kappa shape index (κ2) is 5.49. The number of anilines is 1. The van der Waals surface area contributed by atoms with Crippen molar-refractivity contribution in [2.24, 2.45) is 5.92 Å². The predicted molar refractivity (Wildman–Crippen MR) is 68.9 cm³/mol. The Labute approximate surface area is 105 Å². The smallest absolute Gasteiger partial charge is 0.347 e. The zero-order valence-corrected chi connectivity index (χ0v) is 10.9. The molecule has 0 unspecified atom stereocenters. The van der Waals surface area contributed by atoms with Crippen molar-refractivity contribution in [1.29, 1.82) is 0 Å². The topological polar surface area (TPSA) is 53.4 Å². The predicted octanol–water partition coefficient (Wildman–Crippen LogP) is 2.86. The highest BCUT2D eigenvalue weighted by Gasteiger charge is 2.17. The van der Waals surface area contributed by atoms with Crippen molar-refractivity contribution in [3.63, 3.8) is 0 Å². The van der Waals surface area contributed by atoms with Crippen molar-refractivity contribution in [1.82, 2.24) is 4.98 Å². The lowest BCUT2D eigenvalue weighted by Crippen LogP contribution is -2.20. The Morgan fingerprint density at radius 2 is 2.29 bits per heavy atom. The lowest BCUT2D eigenvalue weighted by molar-refractivity contribution is 0.0702. The van der Waals surface area contributed by atoms with E-state index in [-0.39, 0.29) is 0 Å². The SMILES string of the molecule is CN(CCC1CCCC1)c1ncc(C(=O)O)s1. The molecule has 0 radical (unpaired) electrons. The number of thiazole rings is 1. The van der Waals surface area contributed by atoms with Crippen molar-refractivity contribution in [2.45, 2.75) is 32.1 Å². The number of rotatable bonds is 5. The minimum absolute atomic E-state index is 0.313. The van der Waals surface area contributed by atoms with Crippen LogP contribution in [0, 0.1) is 5.92 Å². The summed E-state index contributed by atoms with van der Waals surface area (Å²) in [4.78, 5) is 17.3. The first kappa shape index (κ1) is 12.4. The fourth-order valence-corrected chi connectivity index (χ4v) is 3.05. The van der Waals surface area contributed by atoms with E-state index in [2.05, 4.69) is 9.88 Å². The van der Waals surface area contributed by atoms with Gasteiger partial charge in [0.1, 0.15) is 4.88 Å². The summed E-state index contributed by atoms with van der Waals surface area (Å²) in [5, 5.41) is 9.64. The molecule has 1 aliphatic carbocycles. The number of carboxylic acids is 1. The van der Waals surface area contributed by atoms with Crippen LogP contribution in [0.5, 0.6) is 0 Å². The molecular weight excluding hydrogens is 236 g/mol. The third kappa shape index (κ3) is 3.19. The van der Waals surface area contributed by atoms with Crippen LogP contribution in [-0.2, 0) is 0 Å². The van der Waals surface area contributed by atoms with Gasteiger partial charge >= 0.3 is 5.97 Å². The molecule has 94 valence electrons. The van der Waals surface area contributed by atoms with Crippen LogP contribution in [0.4, 0.5) is 5.13 Å². The average molecular weight is 254 g/mol. The number of carboxylic acid groups (broad SMARTS) is 1. The molecule has 0 amide bonds. The first-order valence-corrected chi connectivity index (χ1v) is 6.88. The lowest BCUT2D eigenvalue weighted by Gasteiger charge is -2.17. The number of carbonyl (C=O) groups is 1. The van der Waals surface area contributed by atoms with Gasteiger partial charge in [-0.05, 0) is 12.3 Å². The van der Waals surface area contributed by atoms with Crippen LogP contribution < -0.4 is 4.90 Å². The van der Waals surface area contributed by atoms with Crippen LogP contribution in [0.3, 0.4) is 0 Å². The standard InChI is InChI=1S/C12H18N2O2S/c1-14(7-6-9-4-2-3-5-9)12-13-8-10(17-12)11(15)16/h8-9H,2-7H2,1H3,(H,15,16). The van der Waals surface area contributed by atoms with Crippen molar-refractivity contribution < 1.29 is 9.90 Å². The van der Waals surface area contributed by atoms with Crippen molar-refractivity contribution in [2.75, 3.05) is 18.5 Å². The second-order valence-corrected chi connectivity index (χ2v) is 5.68. The van der Waals surface area contributed by atoms with E-state index in [0.29, 0.717) is 4.88 Å². The Morgan fingerprint density at radius 1 is 1.59 bits per heavy atom. The van der Waals surface area contributed by atoms with Gasteiger partial charge in [0.25, 0.3) is 0 Å². The summed E-state index contributed by atoms with van der Waals surface area (Å²) in [5.41, 5.74) is 0. The minimum Gasteiger partial charge on any atom is -0.477 e. The molecule has 0 aliphatic heterocycles. The maximum Gasteiger partial charge on any atom is 0.347 e. The molecule has 0 bridgehead atoms. The summed E-state index contributed by atoms with van der Waals surface area (Å²) in [6.45, 7) is 0.969. The number of aromatic carboxylic acids is 1. The van der Waals surface area contributed by atoms with Gasteiger partial charge in [0.15, 0.2) is 5.13 Å². The molecule has 0 saturated heterocycles. The van der Waals surface area contributed by atoms with E-state index >= 15 is 0 Å². The summed E-state index contributed by atoms with van der Waals surface area (Å²) in [5.74, 6) is -0.0331.